The Hall–Kier alpha value is -4.37. The average Bonchev–Trinajstić information content (AvgIpc) is 3.13. The molecule has 0 atom stereocenters. The number of rotatable bonds is 8. The van der Waals surface area contributed by atoms with Crippen molar-refractivity contribution in [1.29, 1.82) is 0 Å². The maximum atomic E-state index is 13.0. The Morgan fingerprint density at radius 3 is 2.32 bits per heavy atom. The number of nitrogens with zero attached hydrogens (tertiary/aromatic N) is 1. The number of ether oxygens (including phenoxy) is 1. The third kappa shape index (κ3) is 6.07. The number of aryl methyl sites for hydroxylation is 2. The first-order chi connectivity index (χ1) is 17.7. The monoisotopic (exact) mass is 516 g/mol. The van der Waals surface area contributed by atoms with Gasteiger partial charge in [0.25, 0.3) is 11.1 Å². The van der Waals surface area contributed by atoms with Crippen LogP contribution in [0.3, 0.4) is 0 Å². The number of amides is 3. The predicted molar refractivity (Wildman–Crippen MR) is 141 cm³/mol. The third-order valence-corrected chi connectivity index (χ3v) is 6.63. The van der Waals surface area contributed by atoms with Gasteiger partial charge >= 0.3 is 5.97 Å². The fourth-order valence-electron chi connectivity index (χ4n) is 3.75. The molecular weight excluding hydrogens is 492 g/mol. The van der Waals surface area contributed by atoms with Crippen molar-refractivity contribution in [3.05, 3.63) is 99.5 Å². The number of carboxylic acids is 1. The second-order valence-electron chi connectivity index (χ2n) is 8.41. The molecule has 37 heavy (non-hydrogen) atoms. The second kappa shape index (κ2) is 11.1. The number of anilines is 1. The number of benzene rings is 3. The molecule has 3 amide bonds. The number of hydrogen-bond acceptors (Lipinski definition) is 6. The minimum atomic E-state index is -1.01. The molecule has 2 N–H and O–H groups in total. The van der Waals surface area contributed by atoms with Gasteiger partial charge in [-0.25, -0.2) is 4.79 Å². The lowest BCUT2D eigenvalue weighted by molar-refractivity contribution is -0.127. The van der Waals surface area contributed by atoms with Crippen LogP contribution >= 0.6 is 11.8 Å². The molecule has 188 valence electrons. The van der Waals surface area contributed by atoms with Crippen molar-refractivity contribution < 1.29 is 29.0 Å². The van der Waals surface area contributed by atoms with Crippen LogP contribution < -0.4 is 10.1 Å². The topological polar surface area (TPSA) is 113 Å². The van der Waals surface area contributed by atoms with Gasteiger partial charge in [-0.1, -0.05) is 48.5 Å². The highest BCUT2D eigenvalue weighted by Gasteiger charge is 2.36. The number of para-hydroxylation sites is 2. The maximum Gasteiger partial charge on any atom is 0.335 e. The molecule has 1 aliphatic rings. The van der Waals surface area contributed by atoms with E-state index in [1.807, 2.05) is 32.0 Å². The summed E-state index contributed by atoms with van der Waals surface area (Å²) in [6.45, 7) is 3.54. The van der Waals surface area contributed by atoms with Gasteiger partial charge in [0, 0.05) is 11.3 Å². The molecule has 0 saturated carbocycles. The Kier molecular flexibility index (Phi) is 7.74. The van der Waals surface area contributed by atoms with Gasteiger partial charge < -0.3 is 15.2 Å². The zero-order valence-electron chi connectivity index (χ0n) is 20.2. The van der Waals surface area contributed by atoms with E-state index in [4.69, 9.17) is 9.84 Å². The van der Waals surface area contributed by atoms with E-state index >= 15 is 0 Å². The number of hydrogen-bond donors (Lipinski definition) is 2. The Morgan fingerprint density at radius 2 is 1.65 bits per heavy atom. The van der Waals surface area contributed by atoms with Crippen molar-refractivity contribution in [2.24, 2.45) is 0 Å². The van der Waals surface area contributed by atoms with Gasteiger partial charge in [0.15, 0.2) is 0 Å². The van der Waals surface area contributed by atoms with Crippen LogP contribution in [0.25, 0.3) is 6.08 Å². The Labute approximate surface area is 217 Å². The highest BCUT2D eigenvalue weighted by atomic mass is 32.2. The lowest BCUT2D eigenvalue weighted by Gasteiger charge is -2.15. The van der Waals surface area contributed by atoms with E-state index in [0.717, 1.165) is 33.4 Å². The number of nitrogens with one attached hydrogen (secondary N) is 1. The lowest BCUT2D eigenvalue weighted by atomic mass is 10.1. The van der Waals surface area contributed by atoms with Gasteiger partial charge in [0.05, 0.1) is 10.5 Å². The van der Waals surface area contributed by atoms with Crippen molar-refractivity contribution >= 4 is 46.5 Å². The summed E-state index contributed by atoms with van der Waals surface area (Å²) in [5.74, 6) is -1.52. The zero-order chi connectivity index (χ0) is 26.5. The molecular formula is C28H24N2O6S. The molecule has 0 unspecified atom stereocenters. The Morgan fingerprint density at radius 1 is 0.973 bits per heavy atom. The summed E-state index contributed by atoms with van der Waals surface area (Å²) < 4.78 is 5.90. The van der Waals surface area contributed by atoms with Crippen LogP contribution in [-0.4, -0.2) is 39.6 Å². The van der Waals surface area contributed by atoms with E-state index in [2.05, 4.69) is 5.32 Å². The number of carbonyl (C=O) groups is 4. The zero-order valence-corrected chi connectivity index (χ0v) is 21.0. The minimum absolute atomic E-state index is 0.183. The van der Waals surface area contributed by atoms with E-state index in [9.17, 15) is 19.2 Å². The summed E-state index contributed by atoms with van der Waals surface area (Å²) >= 11 is 0.766. The van der Waals surface area contributed by atoms with Gasteiger partial charge in [-0.2, -0.15) is 0 Å². The third-order valence-electron chi connectivity index (χ3n) is 5.72. The molecule has 1 aliphatic heterocycles. The van der Waals surface area contributed by atoms with Crippen LogP contribution in [0.5, 0.6) is 5.75 Å². The summed E-state index contributed by atoms with van der Waals surface area (Å²) in [7, 11) is 0. The van der Waals surface area contributed by atoms with E-state index in [0.29, 0.717) is 17.0 Å². The molecule has 3 aromatic rings. The predicted octanol–water partition coefficient (Wildman–Crippen LogP) is 5.26. The molecule has 0 spiro atoms. The number of thioether (sulfide) groups is 1. The highest BCUT2D eigenvalue weighted by Crippen LogP contribution is 2.34. The quantitative estimate of drug-likeness (QED) is 0.393. The van der Waals surface area contributed by atoms with Crippen LogP contribution in [0.1, 0.15) is 32.6 Å². The molecule has 1 saturated heterocycles. The van der Waals surface area contributed by atoms with E-state index in [-0.39, 0.29) is 23.6 Å². The standard InChI is InChI=1S/C28H24N2O6S/c1-17-6-5-7-18(2)25(17)29-24(31)15-30-26(32)23(37-28(30)35)14-21-8-3-4-9-22(21)36-16-19-10-12-20(13-11-19)27(33)34/h3-14H,15-16H2,1-2H3,(H,29,31)(H,33,34)/b23-14-. The Bertz CT molecular complexity index is 1390. The average molecular weight is 517 g/mol. The van der Waals surface area contributed by atoms with Crippen LogP contribution in [-0.2, 0) is 16.2 Å². The fraction of sp³-hybridized carbons (Fsp3) is 0.143. The smallest absolute Gasteiger partial charge is 0.335 e. The maximum absolute atomic E-state index is 13.0. The Balaban J connectivity index is 1.45. The van der Waals surface area contributed by atoms with Crippen LogP contribution in [0.4, 0.5) is 10.5 Å². The summed E-state index contributed by atoms with van der Waals surface area (Å²) in [6, 6.07) is 19.0. The molecule has 1 fully saturated rings. The number of carbonyl (C=O) groups excluding carboxylic acids is 3. The molecule has 3 aromatic carbocycles. The normalized spacial score (nSPS) is 14.2. The first-order valence-electron chi connectivity index (χ1n) is 11.4. The number of aromatic carboxylic acids is 1. The molecule has 0 aliphatic carbocycles. The van der Waals surface area contributed by atoms with Crippen molar-refractivity contribution in [3.63, 3.8) is 0 Å². The van der Waals surface area contributed by atoms with Gasteiger partial charge in [-0.05, 0) is 66.6 Å². The summed E-state index contributed by atoms with van der Waals surface area (Å²) in [5, 5.41) is 11.3. The van der Waals surface area contributed by atoms with Crippen molar-refractivity contribution in [3.8, 4) is 5.75 Å². The van der Waals surface area contributed by atoms with Gasteiger partial charge in [0.1, 0.15) is 18.9 Å². The molecule has 1 heterocycles. The van der Waals surface area contributed by atoms with E-state index in [1.165, 1.54) is 12.1 Å². The largest absolute Gasteiger partial charge is 0.488 e. The summed E-state index contributed by atoms with van der Waals surface area (Å²) in [6.07, 6.45) is 1.57. The fourth-order valence-corrected chi connectivity index (χ4v) is 4.58. The summed E-state index contributed by atoms with van der Waals surface area (Å²) in [4.78, 5) is 50.3. The van der Waals surface area contributed by atoms with Gasteiger partial charge in [-0.15, -0.1) is 0 Å². The van der Waals surface area contributed by atoms with Crippen molar-refractivity contribution in [2.75, 3.05) is 11.9 Å². The van der Waals surface area contributed by atoms with Gasteiger partial charge in [0.2, 0.25) is 5.91 Å². The molecule has 4 rings (SSSR count). The van der Waals surface area contributed by atoms with E-state index < -0.39 is 23.0 Å². The molecule has 9 heteroatoms. The number of carboxylic acid groups (broad SMARTS) is 1. The van der Waals surface area contributed by atoms with Crippen molar-refractivity contribution in [2.45, 2.75) is 20.5 Å². The first kappa shape index (κ1) is 25.7. The first-order valence-corrected chi connectivity index (χ1v) is 12.2. The molecule has 0 aromatic heterocycles. The van der Waals surface area contributed by atoms with Crippen LogP contribution in [0.15, 0.2) is 71.6 Å². The van der Waals surface area contributed by atoms with Crippen LogP contribution in [0.2, 0.25) is 0 Å². The molecule has 0 radical (unpaired) electrons. The van der Waals surface area contributed by atoms with E-state index in [1.54, 1.807) is 42.5 Å². The van der Waals surface area contributed by atoms with Crippen molar-refractivity contribution in [1.82, 2.24) is 4.90 Å². The summed E-state index contributed by atoms with van der Waals surface area (Å²) in [5.41, 5.74) is 3.99. The second-order valence-corrected chi connectivity index (χ2v) is 9.40. The molecule has 8 nitrogen and oxygen atoms in total. The highest BCUT2D eigenvalue weighted by molar-refractivity contribution is 8.18. The lowest BCUT2D eigenvalue weighted by Crippen LogP contribution is -2.36. The SMILES string of the molecule is Cc1cccc(C)c1NC(=O)CN1C(=O)S/C(=C\c2ccccc2OCc2ccc(C(=O)O)cc2)C1=O. The minimum Gasteiger partial charge on any atom is -0.488 e. The van der Waals surface area contributed by atoms with Crippen LogP contribution in [0, 0.1) is 13.8 Å². The van der Waals surface area contributed by atoms with Gasteiger partial charge in [-0.3, -0.25) is 19.3 Å². The molecule has 0 bridgehead atoms. The number of imide groups is 1.